The minimum absolute atomic E-state index is 0.0193. The van der Waals surface area contributed by atoms with Gasteiger partial charge < -0.3 is 5.32 Å². The van der Waals surface area contributed by atoms with Gasteiger partial charge in [-0.15, -0.1) is 0 Å². The van der Waals surface area contributed by atoms with Crippen molar-refractivity contribution in [3.8, 4) is 0 Å². The van der Waals surface area contributed by atoms with Gasteiger partial charge >= 0.3 is 0 Å². The molecular formula is C20H25N3O2. The molecule has 0 bridgehead atoms. The number of benzene rings is 1. The number of amides is 1. The second-order valence-corrected chi connectivity index (χ2v) is 6.78. The SMILES string of the molecule is C[C@H](C(=O)NCCn1cccn1)c1ccc(C[C@@H]2CCCC2=O)cc1. The highest BCUT2D eigenvalue weighted by Crippen LogP contribution is 2.25. The molecule has 5 heteroatoms. The Balaban J connectivity index is 1.50. The molecule has 2 aromatic rings. The monoisotopic (exact) mass is 339 g/mol. The van der Waals surface area contributed by atoms with Crippen molar-refractivity contribution in [2.75, 3.05) is 6.54 Å². The van der Waals surface area contributed by atoms with Crippen LogP contribution in [0, 0.1) is 5.92 Å². The lowest BCUT2D eigenvalue weighted by Gasteiger charge is -2.14. The van der Waals surface area contributed by atoms with E-state index in [0.29, 0.717) is 18.9 Å². The summed E-state index contributed by atoms with van der Waals surface area (Å²) >= 11 is 0. The Kier molecular flexibility index (Phi) is 5.64. The van der Waals surface area contributed by atoms with Crippen LogP contribution in [0.1, 0.15) is 43.2 Å². The normalized spacial score (nSPS) is 18.3. The molecule has 1 aromatic heterocycles. The lowest BCUT2D eigenvalue weighted by atomic mass is 9.94. The van der Waals surface area contributed by atoms with Crippen molar-refractivity contribution in [1.29, 1.82) is 0 Å². The van der Waals surface area contributed by atoms with Crippen LogP contribution in [0.2, 0.25) is 0 Å². The van der Waals surface area contributed by atoms with E-state index in [0.717, 1.165) is 31.2 Å². The van der Waals surface area contributed by atoms with E-state index in [1.165, 1.54) is 5.56 Å². The minimum Gasteiger partial charge on any atom is -0.354 e. The Morgan fingerprint density at radius 1 is 1.36 bits per heavy atom. The maximum absolute atomic E-state index is 12.3. The zero-order chi connectivity index (χ0) is 17.6. The number of rotatable bonds is 7. The molecule has 0 radical (unpaired) electrons. The number of ketones is 1. The first-order valence-electron chi connectivity index (χ1n) is 9.00. The molecule has 1 saturated carbocycles. The highest BCUT2D eigenvalue weighted by molar-refractivity contribution is 5.83. The summed E-state index contributed by atoms with van der Waals surface area (Å²) < 4.78 is 1.80. The molecule has 5 nitrogen and oxygen atoms in total. The summed E-state index contributed by atoms with van der Waals surface area (Å²) in [5.74, 6) is 0.411. The smallest absolute Gasteiger partial charge is 0.227 e. The van der Waals surface area contributed by atoms with E-state index < -0.39 is 0 Å². The number of carbonyl (C=O) groups excluding carboxylic acids is 2. The molecule has 0 spiro atoms. The first kappa shape index (κ1) is 17.4. The first-order valence-corrected chi connectivity index (χ1v) is 9.00. The van der Waals surface area contributed by atoms with Crippen molar-refractivity contribution in [2.45, 2.75) is 45.1 Å². The average Bonchev–Trinajstić information content (AvgIpc) is 3.27. The van der Waals surface area contributed by atoms with Crippen LogP contribution in [0.15, 0.2) is 42.7 Å². The van der Waals surface area contributed by atoms with Gasteiger partial charge in [-0.3, -0.25) is 14.3 Å². The molecule has 1 aliphatic carbocycles. The molecule has 1 amide bonds. The van der Waals surface area contributed by atoms with Crippen molar-refractivity contribution >= 4 is 11.7 Å². The molecule has 0 saturated heterocycles. The molecule has 132 valence electrons. The quantitative estimate of drug-likeness (QED) is 0.843. The molecule has 1 fully saturated rings. The molecule has 0 unspecified atom stereocenters. The highest BCUT2D eigenvalue weighted by Gasteiger charge is 2.24. The molecule has 1 aliphatic rings. The largest absolute Gasteiger partial charge is 0.354 e. The second kappa shape index (κ2) is 8.10. The third kappa shape index (κ3) is 4.56. The number of nitrogens with zero attached hydrogens (tertiary/aromatic N) is 2. The molecule has 2 atom stereocenters. The molecule has 3 rings (SSSR count). The highest BCUT2D eigenvalue weighted by atomic mass is 16.1. The Bertz CT molecular complexity index is 707. The number of carbonyl (C=O) groups is 2. The van der Waals surface area contributed by atoms with Crippen LogP contribution in [-0.4, -0.2) is 28.0 Å². The molecule has 1 heterocycles. The zero-order valence-corrected chi connectivity index (χ0v) is 14.6. The standard InChI is InChI=1S/C20H25N3O2/c1-15(20(25)21-11-13-23-12-3-10-22-23)17-8-6-16(7-9-17)14-18-4-2-5-19(18)24/h3,6-10,12,15,18H,2,4-5,11,13-14H2,1H3,(H,21,25)/t15-,18-/m0/s1. The molecule has 1 N–H and O–H groups in total. The predicted molar refractivity (Wildman–Crippen MR) is 96.1 cm³/mol. The van der Waals surface area contributed by atoms with Gasteiger partial charge in [-0.25, -0.2) is 0 Å². The Morgan fingerprint density at radius 3 is 2.80 bits per heavy atom. The summed E-state index contributed by atoms with van der Waals surface area (Å²) in [5, 5.41) is 7.07. The summed E-state index contributed by atoms with van der Waals surface area (Å²) in [6.07, 6.45) is 7.20. The fourth-order valence-electron chi connectivity index (χ4n) is 3.36. The van der Waals surface area contributed by atoms with Crippen molar-refractivity contribution in [1.82, 2.24) is 15.1 Å². The fourth-order valence-corrected chi connectivity index (χ4v) is 3.36. The van der Waals surface area contributed by atoms with E-state index in [1.54, 1.807) is 10.9 Å². The van der Waals surface area contributed by atoms with Gasteiger partial charge in [0.1, 0.15) is 5.78 Å². The topological polar surface area (TPSA) is 64.0 Å². The van der Waals surface area contributed by atoms with Crippen LogP contribution < -0.4 is 5.32 Å². The van der Waals surface area contributed by atoms with E-state index in [1.807, 2.05) is 31.3 Å². The predicted octanol–water partition coefficient (Wildman–Crippen LogP) is 2.71. The summed E-state index contributed by atoms with van der Waals surface area (Å²) in [6, 6.07) is 9.98. The maximum Gasteiger partial charge on any atom is 0.227 e. The third-order valence-corrected chi connectivity index (χ3v) is 4.99. The Hall–Kier alpha value is -2.43. The number of nitrogens with one attached hydrogen (secondary N) is 1. The van der Waals surface area contributed by atoms with E-state index in [-0.39, 0.29) is 17.7 Å². The van der Waals surface area contributed by atoms with Gasteiger partial charge in [0.05, 0.1) is 12.5 Å². The van der Waals surface area contributed by atoms with Gasteiger partial charge in [0.2, 0.25) is 5.91 Å². The van der Waals surface area contributed by atoms with E-state index >= 15 is 0 Å². The average molecular weight is 339 g/mol. The molecule has 0 aliphatic heterocycles. The lowest BCUT2D eigenvalue weighted by Crippen LogP contribution is -2.31. The van der Waals surface area contributed by atoms with Crippen molar-refractivity contribution in [3.05, 3.63) is 53.9 Å². The zero-order valence-electron chi connectivity index (χ0n) is 14.6. The van der Waals surface area contributed by atoms with Crippen LogP contribution in [0.4, 0.5) is 0 Å². The van der Waals surface area contributed by atoms with Crippen LogP contribution in [0.3, 0.4) is 0 Å². The summed E-state index contributed by atoms with van der Waals surface area (Å²) in [6.45, 7) is 3.14. The number of aromatic nitrogens is 2. The van der Waals surface area contributed by atoms with Crippen LogP contribution >= 0.6 is 0 Å². The lowest BCUT2D eigenvalue weighted by molar-refractivity contribution is -0.122. The molecule has 25 heavy (non-hydrogen) atoms. The molecular weight excluding hydrogens is 314 g/mol. The minimum atomic E-state index is -0.195. The molecule has 1 aromatic carbocycles. The third-order valence-electron chi connectivity index (χ3n) is 4.99. The Labute approximate surface area is 148 Å². The van der Waals surface area contributed by atoms with Gasteiger partial charge in [-0.1, -0.05) is 24.3 Å². The van der Waals surface area contributed by atoms with E-state index in [2.05, 4.69) is 22.5 Å². The summed E-state index contributed by atoms with van der Waals surface area (Å²) in [7, 11) is 0. The van der Waals surface area contributed by atoms with Crippen LogP contribution in [0.5, 0.6) is 0 Å². The van der Waals surface area contributed by atoms with Crippen LogP contribution in [-0.2, 0) is 22.6 Å². The first-order chi connectivity index (χ1) is 12.1. The number of hydrogen-bond donors (Lipinski definition) is 1. The van der Waals surface area contributed by atoms with Crippen molar-refractivity contribution in [3.63, 3.8) is 0 Å². The summed E-state index contributed by atoms with van der Waals surface area (Å²) in [4.78, 5) is 24.1. The van der Waals surface area contributed by atoms with Crippen molar-refractivity contribution in [2.24, 2.45) is 5.92 Å². The Morgan fingerprint density at radius 2 is 2.16 bits per heavy atom. The number of hydrogen-bond acceptors (Lipinski definition) is 3. The maximum atomic E-state index is 12.3. The van der Waals surface area contributed by atoms with E-state index in [9.17, 15) is 9.59 Å². The summed E-state index contributed by atoms with van der Waals surface area (Å²) in [5.41, 5.74) is 2.17. The van der Waals surface area contributed by atoms with Gasteiger partial charge in [0, 0.05) is 31.3 Å². The van der Waals surface area contributed by atoms with Gasteiger partial charge in [0.15, 0.2) is 0 Å². The second-order valence-electron chi connectivity index (χ2n) is 6.78. The van der Waals surface area contributed by atoms with Gasteiger partial charge in [-0.2, -0.15) is 5.10 Å². The van der Waals surface area contributed by atoms with E-state index in [4.69, 9.17) is 0 Å². The fraction of sp³-hybridized carbons (Fsp3) is 0.450. The van der Waals surface area contributed by atoms with Gasteiger partial charge in [0.25, 0.3) is 0 Å². The van der Waals surface area contributed by atoms with Gasteiger partial charge in [-0.05, 0) is 43.4 Å². The van der Waals surface area contributed by atoms with Crippen molar-refractivity contribution < 1.29 is 9.59 Å². The number of Topliss-reactive ketones (excluding diaryl/α,β-unsaturated/α-hetero) is 1. The van der Waals surface area contributed by atoms with Crippen LogP contribution in [0.25, 0.3) is 0 Å².